The Hall–Kier alpha value is -1.57. The van der Waals surface area contributed by atoms with Crippen molar-refractivity contribution >= 4 is 27.2 Å². The van der Waals surface area contributed by atoms with Gasteiger partial charge in [0.05, 0.1) is 23.6 Å². The second-order valence-electron chi connectivity index (χ2n) is 7.66. The van der Waals surface area contributed by atoms with E-state index in [9.17, 15) is 0 Å². The summed E-state index contributed by atoms with van der Waals surface area (Å²) in [6.07, 6.45) is 2.04. The second kappa shape index (κ2) is 6.00. The Bertz CT molecular complexity index is 942. The number of nitrogens with two attached hydrogens (primary N) is 1. The number of fused-ring (bicyclic) bond motifs is 5. The van der Waals surface area contributed by atoms with E-state index < -0.39 is 0 Å². The molecule has 7 heteroatoms. The normalized spacial score (nSPS) is 18.0. The van der Waals surface area contributed by atoms with Crippen molar-refractivity contribution in [3.63, 3.8) is 0 Å². The summed E-state index contributed by atoms with van der Waals surface area (Å²) in [7, 11) is 0. The maximum Gasteiger partial charge on any atom is 0.206 e. The Morgan fingerprint density at radius 2 is 2.16 bits per heavy atom. The van der Waals surface area contributed by atoms with Crippen molar-refractivity contribution in [3.05, 3.63) is 22.1 Å². The fourth-order valence-corrected chi connectivity index (χ4v) is 4.49. The summed E-state index contributed by atoms with van der Waals surface area (Å²) in [4.78, 5) is 12.0. The van der Waals surface area contributed by atoms with Crippen LogP contribution in [0.15, 0.2) is 0 Å². The average molecular weight is 361 g/mol. The van der Waals surface area contributed by atoms with Gasteiger partial charge in [-0.1, -0.05) is 6.92 Å². The highest BCUT2D eigenvalue weighted by molar-refractivity contribution is 7.19. The third-order valence-corrected chi connectivity index (χ3v) is 6.16. The average Bonchev–Trinajstić information content (AvgIpc) is 3.12. The van der Waals surface area contributed by atoms with Gasteiger partial charge in [0.15, 0.2) is 5.65 Å². The van der Waals surface area contributed by atoms with E-state index in [-0.39, 0.29) is 5.60 Å². The van der Waals surface area contributed by atoms with Crippen molar-refractivity contribution in [2.45, 2.75) is 72.3 Å². The molecule has 0 unspecified atom stereocenters. The first kappa shape index (κ1) is 16.9. The zero-order valence-electron chi connectivity index (χ0n) is 15.6. The van der Waals surface area contributed by atoms with Crippen LogP contribution in [0.5, 0.6) is 0 Å². The first-order valence-electron chi connectivity index (χ1n) is 9.01. The molecular formula is C18H26N5OS+. The van der Waals surface area contributed by atoms with Gasteiger partial charge in [0.1, 0.15) is 17.2 Å². The topological polar surface area (TPSA) is 68.9 Å². The van der Waals surface area contributed by atoms with Crippen LogP contribution >= 0.6 is 11.3 Å². The Balaban J connectivity index is 1.84. The lowest BCUT2D eigenvalue weighted by atomic mass is 9.94. The molecule has 1 aliphatic heterocycles. The molecular weight excluding hydrogens is 334 g/mol. The van der Waals surface area contributed by atoms with Gasteiger partial charge >= 0.3 is 0 Å². The first-order valence-corrected chi connectivity index (χ1v) is 9.83. The highest BCUT2D eigenvalue weighted by Crippen LogP contribution is 2.39. The van der Waals surface area contributed by atoms with Gasteiger partial charge in [-0.3, -0.25) is 0 Å². The predicted octanol–water partition coefficient (Wildman–Crippen LogP) is 2.36. The molecule has 0 spiro atoms. The minimum atomic E-state index is -0.143. The van der Waals surface area contributed by atoms with Crippen molar-refractivity contribution in [2.75, 3.05) is 0 Å². The summed E-state index contributed by atoms with van der Waals surface area (Å²) in [6.45, 7) is 12.2. The molecule has 1 atom stereocenters. The van der Waals surface area contributed by atoms with Crippen LogP contribution in [0.4, 0.5) is 0 Å². The number of hydrogen-bond donors (Lipinski definition) is 1. The smallest absolute Gasteiger partial charge is 0.206 e. The van der Waals surface area contributed by atoms with Crippen LogP contribution in [0.1, 0.15) is 56.2 Å². The van der Waals surface area contributed by atoms with E-state index in [1.807, 2.05) is 11.4 Å². The SMILES string of the molecule is CC[C@@H](C)[NH2+]Cc1nc2c3c4c(sc3nc(C)n2n1)COC(C)(C)C4. The molecule has 0 fully saturated rings. The lowest BCUT2D eigenvalue weighted by Crippen LogP contribution is -2.87. The second-order valence-corrected chi connectivity index (χ2v) is 8.74. The zero-order chi connectivity index (χ0) is 17.8. The van der Waals surface area contributed by atoms with Crippen LogP contribution in [0.2, 0.25) is 0 Å². The Morgan fingerprint density at radius 3 is 2.92 bits per heavy atom. The van der Waals surface area contributed by atoms with Crippen LogP contribution in [-0.4, -0.2) is 31.2 Å². The van der Waals surface area contributed by atoms with Crippen LogP contribution < -0.4 is 5.32 Å². The van der Waals surface area contributed by atoms with Gasteiger partial charge < -0.3 is 10.1 Å². The summed E-state index contributed by atoms with van der Waals surface area (Å²) in [5.74, 6) is 1.77. The molecule has 0 bridgehead atoms. The minimum Gasteiger partial charge on any atom is -0.370 e. The van der Waals surface area contributed by atoms with Gasteiger partial charge in [-0.2, -0.15) is 4.52 Å². The van der Waals surface area contributed by atoms with Crippen molar-refractivity contribution in [2.24, 2.45) is 0 Å². The summed E-state index contributed by atoms with van der Waals surface area (Å²) in [5, 5.41) is 8.19. The minimum absolute atomic E-state index is 0.143. The molecule has 0 saturated carbocycles. The molecule has 0 aliphatic carbocycles. The van der Waals surface area contributed by atoms with Crippen LogP contribution in [-0.2, 0) is 24.3 Å². The Morgan fingerprint density at radius 1 is 1.36 bits per heavy atom. The lowest BCUT2D eigenvalue weighted by Gasteiger charge is -2.30. The molecule has 1 aliphatic rings. The lowest BCUT2D eigenvalue weighted by molar-refractivity contribution is -0.702. The highest BCUT2D eigenvalue weighted by atomic mass is 32.1. The van der Waals surface area contributed by atoms with Crippen LogP contribution in [0.3, 0.4) is 0 Å². The number of rotatable bonds is 4. The molecule has 0 radical (unpaired) electrons. The molecule has 3 aromatic rings. The number of ether oxygens (including phenoxy) is 1. The van der Waals surface area contributed by atoms with Crippen LogP contribution in [0.25, 0.3) is 15.9 Å². The first-order chi connectivity index (χ1) is 11.9. The van der Waals surface area contributed by atoms with E-state index in [4.69, 9.17) is 19.8 Å². The number of quaternary nitrogens is 1. The number of aromatic nitrogens is 4. The highest BCUT2D eigenvalue weighted by Gasteiger charge is 2.31. The third kappa shape index (κ3) is 2.94. The van der Waals surface area contributed by atoms with Gasteiger partial charge in [0.2, 0.25) is 5.82 Å². The molecule has 4 rings (SSSR count). The van der Waals surface area contributed by atoms with Crippen molar-refractivity contribution < 1.29 is 10.1 Å². The van der Waals surface area contributed by atoms with Gasteiger partial charge in [0.25, 0.3) is 0 Å². The molecule has 2 N–H and O–H groups in total. The molecule has 4 heterocycles. The third-order valence-electron chi connectivity index (χ3n) is 5.06. The summed E-state index contributed by atoms with van der Waals surface area (Å²) >= 11 is 1.74. The number of thiophene rings is 1. The quantitative estimate of drug-likeness (QED) is 0.775. The molecule has 134 valence electrons. The molecule has 6 nitrogen and oxygen atoms in total. The fraction of sp³-hybridized carbons (Fsp3) is 0.611. The number of aryl methyl sites for hydroxylation is 1. The van der Waals surface area contributed by atoms with Gasteiger partial charge in [-0.25, -0.2) is 9.97 Å². The van der Waals surface area contributed by atoms with Crippen molar-refractivity contribution in [1.29, 1.82) is 0 Å². The summed E-state index contributed by atoms with van der Waals surface area (Å²) in [5.41, 5.74) is 2.15. The predicted molar refractivity (Wildman–Crippen MR) is 98.9 cm³/mol. The van der Waals surface area contributed by atoms with Gasteiger partial charge in [-0.05, 0) is 39.7 Å². The monoisotopic (exact) mass is 360 g/mol. The van der Waals surface area contributed by atoms with E-state index in [1.54, 1.807) is 11.3 Å². The number of hydrogen-bond acceptors (Lipinski definition) is 5. The van der Waals surface area contributed by atoms with E-state index >= 15 is 0 Å². The van der Waals surface area contributed by atoms with E-state index in [1.165, 1.54) is 15.8 Å². The standard InChI is InChI=1S/C18H25N5OS/c1-6-10(2)19-8-14-21-16-15-12-7-18(4,5)24-9-13(12)25-17(15)20-11(3)23(16)22-14/h10,19H,6-9H2,1-5H3/p+1/t10-/m1/s1. The van der Waals surface area contributed by atoms with Crippen molar-refractivity contribution in [1.82, 2.24) is 19.6 Å². The Kier molecular flexibility index (Phi) is 4.05. The van der Waals surface area contributed by atoms with E-state index in [0.717, 1.165) is 41.5 Å². The molecule has 0 saturated heterocycles. The maximum atomic E-state index is 5.98. The van der Waals surface area contributed by atoms with E-state index in [2.05, 4.69) is 33.0 Å². The molecule has 0 aromatic carbocycles. The maximum absolute atomic E-state index is 5.98. The van der Waals surface area contributed by atoms with Crippen LogP contribution in [0, 0.1) is 6.92 Å². The molecule has 0 amide bonds. The largest absolute Gasteiger partial charge is 0.370 e. The van der Waals surface area contributed by atoms with E-state index in [0.29, 0.717) is 12.6 Å². The Labute approximate surface area is 151 Å². The number of nitrogens with zero attached hydrogens (tertiary/aromatic N) is 4. The summed E-state index contributed by atoms with van der Waals surface area (Å²) in [6, 6.07) is 0.581. The van der Waals surface area contributed by atoms with Gasteiger partial charge in [-0.15, -0.1) is 16.4 Å². The fourth-order valence-electron chi connectivity index (χ4n) is 3.34. The van der Waals surface area contributed by atoms with Gasteiger partial charge in [0, 0.05) is 11.3 Å². The summed E-state index contributed by atoms with van der Waals surface area (Å²) < 4.78 is 7.90. The molecule has 3 aromatic heterocycles. The zero-order valence-corrected chi connectivity index (χ0v) is 16.4. The molecule has 25 heavy (non-hydrogen) atoms. The van der Waals surface area contributed by atoms with Crippen molar-refractivity contribution in [3.8, 4) is 0 Å².